The van der Waals surface area contributed by atoms with E-state index in [9.17, 15) is 18.5 Å². The highest BCUT2D eigenvalue weighted by Gasteiger charge is 2.46. The van der Waals surface area contributed by atoms with Gasteiger partial charge in [0.15, 0.2) is 0 Å². The van der Waals surface area contributed by atoms with Crippen LogP contribution in [0.1, 0.15) is 32.1 Å². The minimum Gasteiger partial charge on any atom is -0.280 e. The summed E-state index contributed by atoms with van der Waals surface area (Å²) in [5.41, 5.74) is 4.25. The third-order valence-corrected chi connectivity index (χ3v) is 8.52. The lowest BCUT2D eigenvalue weighted by Crippen LogP contribution is -2.45. The zero-order valence-electron chi connectivity index (χ0n) is 17.2. The first-order chi connectivity index (χ1) is 15.3. The van der Waals surface area contributed by atoms with Gasteiger partial charge in [0.1, 0.15) is 4.90 Å². The molecule has 10 heteroatoms. The second kappa shape index (κ2) is 8.04. The standard InChI is InChI=1S/C22H23ClN4O4S/c23-17-1-3-18(4-2-17)26-32(30,31)21-12-19(27(28)29)5-6-20(21)24-25-22-15-8-13-7-14(10-15)11-16(22)9-13/h1-6,12-16,24,26H,7-11H2. The molecule has 4 saturated carbocycles. The number of anilines is 2. The molecule has 0 saturated heterocycles. The van der Waals surface area contributed by atoms with E-state index in [4.69, 9.17) is 11.6 Å². The maximum atomic E-state index is 13.1. The molecule has 2 aromatic carbocycles. The van der Waals surface area contributed by atoms with Gasteiger partial charge in [0.25, 0.3) is 15.7 Å². The molecule has 0 aliphatic heterocycles. The Morgan fingerprint density at radius 3 is 2.19 bits per heavy atom. The lowest BCUT2D eigenvalue weighted by atomic mass is 9.55. The Hall–Kier alpha value is -2.65. The predicted molar refractivity (Wildman–Crippen MR) is 123 cm³/mol. The number of nitro groups is 1. The Morgan fingerprint density at radius 1 is 0.969 bits per heavy atom. The summed E-state index contributed by atoms with van der Waals surface area (Å²) in [6.45, 7) is 0. The molecule has 4 aliphatic carbocycles. The van der Waals surface area contributed by atoms with E-state index in [1.807, 2.05) is 0 Å². The summed E-state index contributed by atoms with van der Waals surface area (Å²) in [4.78, 5) is 10.4. The summed E-state index contributed by atoms with van der Waals surface area (Å²) in [6.07, 6.45) is 5.93. The highest BCUT2D eigenvalue weighted by atomic mass is 35.5. The third kappa shape index (κ3) is 4.06. The van der Waals surface area contributed by atoms with Crippen molar-refractivity contribution in [1.82, 2.24) is 0 Å². The van der Waals surface area contributed by atoms with E-state index in [0.29, 0.717) is 22.5 Å². The topological polar surface area (TPSA) is 114 Å². The quantitative estimate of drug-likeness (QED) is 0.437. The van der Waals surface area contributed by atoms with Gasteiger partial charge in [-0.3, -0.25) is 20.3 Å². The van der Waals surface area contributed by atoms with Crippen molar-refractivity contribution in [1.29, 1.82) is 0 Å². The number of non-ortho nitro benzene ring substituents is 1. The van der Waals surface area contributed by atoms with Crippen LogP contribution in [0.25, 0.3) is 0 Å². The van der Waals surface area contributed by atoms with Crippen molar-refractivity contribution in [3.63, 3.8) is 0 Å². The number of nitrogens with zero attached hydrogens (tertiary/aromatic N) is 2. The molecule has 0 heterocycles. The Morgan fingerprint density at radius 2 is 1.59 bits per heavy atom. The van der Waals surface area contributed by atoms with Gasteiger partial charge in [-0.1, -0.05) is 11.6 Å². The molecular formula is C22H23ClN4O4S. The average Bonchev–Trinajstić information content (AvgIpc) is 2.74. The Balaban J connectivity index is 1.46. The number of hydrazone groups is 1. The lowest BCUT2D eigenvalue weighted by Gasteiger charge is -2.50. The van der Waals surface area contributed by atoms with Crippen molar-refractivity contribution in [2.24, 2.45) is 28.8 Å². The van der Waals surface area contributed by atoms with Gasteiger partial charge >= 0.3 is 0 Å². The van der Waals surface area contributed by atoms with Crippen LogP contribution >= 0.6 is 11.6 Å². The summed E-state index contributed by atoms with van der Waals surface area (Å²) in [5, 5.41) is 16.4. The fraction of sp³-hybridized carbons (Fsp3) is 0.409. The predicted octanol–water partition coefficient (Wildman–Crippen LogP) is 5.27. The van der Waals surface area contributed by atoms with Gasteiger partial charge in [0.05, 0.1) is 10.6 Å². The number of hydrogen-bond donors (Lipinski definition) is 2. The van der Waals surface area contributed by atoms with Crippen LogP contribution in [0.5, 0.6) is 0 Å². The largest absolute Gasteiger partial charge is 0.280 e. The summed E-state index contributed by atoms with van der Waals surface area (Å²) in [6, 6.07) is 9.90. The fourth-order valence-electron chi connectivity index (χ4n) is 5.64. The van der Waals surface area contributed by atoms with Crippen molar-refractivity contribution in [2.45, 2.75) is 37.0 Å². The van der Waals surface area contributed by atoms with E-state index in [-0.39, 0.29) is 16.3 Å². The molecule has 0 spiro atoms. The SMILES string of the molecule is O=[N+]([O-])c1ccc(NN=C2C3CC4CC(C3)CC2C4)c(S(=O)(=O)Nc2ccc(Cl)cc2)c1. The van der Waals surface area contributed by atoms with Crippen LogP contribution < -0.4 is 10.1 Å². The van der Waals surface area contributed by atoms with Gasteiger partial charge in [-0.05, 0) is 86.1 Å². The smallest absolute Gasteiger partial charge is 0.270 e. The molecule has 0 radical (unpaired) electrons. The second-order valence-electron chi connectivity index (χ2n) is 9.00. The molecule has 0 atom stereocenters. The van der Waals surface area contributed by atoms with E-state index in [1.165, 1.54) is 30.7 Å². The van der Waals surface area contributed by atoms with Crippen LogP contribution in [0.2, 0.25) is 5.02 Å². The first kappa shape index (κ1) is 21.2. The van der Waals surface area contributed by atoms with Crippen LogP contribution in [0.3, 0.4) is 0 Å². The summed E-state index contributed by atoms with van der Waals surface area (Å²) < 4.78 is 28.7. The number of hydrogen-bond acceptors (Lipinski definition) is 6. The lowest BCUT2D eigenvalue weighted by molar-refractivity contribution is -0.385. The minimum atomic E-state index is -4.12. The van der Waals surface area contributed by atoms with E-state index in [0.717, 1.165) is 49.3 Å². The third-order valence-electron chi connectivity index (χ3n) is 6.84. The van der Waals surface area contributed by atoms with Gasteiger partial charge in [-0.2, -0.15) is 5.10 Å². The molecule has 0 amide bonds. The second-order valence-corrected chi connectivity index (χ2v) is 11.1. The molecule has 2 N–H and O–H groups in total. The number of nitro benzene ring substituents is 1. The van der Waals surface area contributed by atoms with Gasteiger partial charge < -0.3 is 0 Å². The van der Waals surface area contributed by atoms with Crippen molar-refractivity contribution < 1.29 is 13.3 Å². The molecule has 8 nitrogen and oxygen atoms in total. The zero-order valence-corrected chi connectivity index (χ0v) is 18.8. The van der Waals surface area contributed by atoms with Crippen molar-refractivity contribution in [3.8, 4) is 0 Å². The Kier molecular flexibility index (Phi) is 5.33. The van der Waals surface area contributed by atoms with Crippen LogP contribution in [-0.2, 0) is 10.0 Å². The molecule has 2 aromatic rings. The normalized spacial score (nSPS) is 26.1. The number of benzene rings is 2. The van der Waals surface area contributed by atoms with Crippen LogP contribution in [0.15, 0.2) is 52.5 Å². The molecule has 0 aromatic heterocycles. The summed E-state index contributed by atoms with van der Waals surface area (Å²) >= 11 is 5.87. The van der Waals surface area contributed by atoms with Crippen LogP contribution in [0.4, 0.5) is 17.1 Å². The molecule has 6 rings (SSSR count). The first-order valence-corrected chi connectivity index (χ1v) is 12.5. The van der Waals surface area contributed by atoms with Crippen molar-refractivity contribution in [2.75, 3.05) is 10.1 Å². The number of halogens is 1. The van der Waals surface area contributed by atoms with E-state index in [1.54, 1.807) is 12.1 Å². The minimum absolute atomic E-state index is 0.207. The van der Waals surface area contributed by atoms with Crippen molar-refractivity contribution in [3.05, 3.63) is 57.6 Å². The maximum Gasteiger partial charge on any atom is 0.270 e. The highest BCUT2D eigenvalue weighted by Crippen LogP contribution is 2.52. The zero-order chi connectivity index (χ0) is 22.5. The van der Waals surface area contributed by atoms with Gasteiger partial charge in [0, 0.05) is 28.6 Å². The monoisotopic (exact) mass is 474 g/mol. The number of nitrogens with one attached hydrogen (secondary N) is 2. The Labute approximate surface area is 191 Å². The number of rotatable bonds is 6. The Bertz CT molecular complexity index is 1170. The molecule has 0 unspecified atom stereocenters. The van der Waals surface area contributed by atoms with E-state index in [2.05, 4.69) is 15.2 Å². The molecule has 4 bridgehead atoms. The molecule has 4 fully saturated rings. The summed E-state index contributed by atoms with van der Waals surface area (Å²) in [7, 11) is -4.12. The van der Waals surface area contributed by atoms with Crippen LogP contribution in [0, 0.1) is 33.8 Å². The molecule has 32 heavy (non-hydrogen) atoms. The van der Waals surface area contributed by atoms with Crippen molar-refractivity contribution >= 4 is 44.4 Å². The number of sulfonamides is 1. The van der Waals surface area contributed by atoms with E-state index >= 15 is 0 Å². The molecule has 168 valence electrons. The van der Waals surface area contributed by atoms with E-state index < -0.39 is 14.9 Å². The fourth-order valence-corrected chi connectivity index (χ4v) is 7.00. The highest BCUT2D eigenvalue weighted by molar-refractivity contribution is 7.92. The average molecular weight is 475 g/mol. The van der Waals surface area contributed by atoms with Gasteiger partial charge in [0.2, 0.25) is 0 Å². The first-order valence-electron chi connectivity index (χ1n) is 10.7. The van der Waals surface area contributed by atoms with Crippen LogP contribution in [-0.4, -0.2) is 19.1 Å². The summed E-state index contributed by atoms with van der Waals surface area (Å²) in [5.74, 6) is 2.47. The van der Waals surface area contributed by atoms with Gasteiger partial charge in [-0.15, -0.1) is 0 Å². The molecule has 4 aliphatic rings. The maximum absolute atomic E-state index is 13.1. The van der Waals surface area contributed by atoms with Gasteiger partial charge in [-0.25, -0.2) is 8.42 Å². The molecular weight excluding hydrogens is 452 g/mol.